The first-order valence-corrected chi connectivity index (χ1v) is 10.8. The van der Waals surface area contributed by atoms with Gasteiger partial charge in [0, 0.05) is 42.8 Å². The predicted molar refractivity (Wildman–Crippen MR) is 119 cm³/mol. The first-order chi connectivity index (χ1) is 15.4. The molecule has 1 aromatic carbocycles. The van der Waals surface area contributed by atoms with Crippen LogP contribution in [0.5, 0.6) is 11.5 Å². The van der Waals surface area contributed by atoms with E-state index in [1.807, 2.05) is 19.1 Å². The highest BCUT2D eigenvalue weighted by molar-refractivity contribution is 6.03. The molecule has 4 rings (SSSR count). The number of aromatic nitrogens is 1. The van der Waals surface area contributed by atoms with Gasteiger partial charge in [-0.25, -0.2) is 4.79 Å². The number of rotatable bonds is 3. The minimum absolute atomic E-state index is 0.00540. The molecule has 8 heteroatoms. The molecule has 1 aromatic heterocycles. The standard InChI is InChI=1S/C24H30N2O6/c1-13-17-11-26(2)7-6-14-16-9-21(29-3)22(30-4)10-19(16)25-23(14)20(27)8-15(17)18(12-32-13)24(28)31-5/h9-10,12-13,15,17,25H,6-8,11H2,1-5H3. The summed E-state index contributed by atoms with van der Waals surface area (Å²) in [6.07, 6.45) is 2.26. The Morgan fingerprint density at radius 1 is 1.19 bits per heavy atom. The van der Waals surface area contributed by atoms with E-state index in [0.717, 1.165) is 23.0 Å². The van der Waals surface area contributed by atoms with Crippen molar-refractivity contribution in [3.05, 3.63) is 35.2 Å². The summed E-state index contributed by atoms with van der Waals surface area (Å²) in [4.78, 5) is 31.6. The Kier molecular flexibility index (Phi) is 6.15. The van der Waals surface area contributed by atoms with E-state index in [-0.39, 0.29) is 30.1 Å². The lowest BCUT2D eigenvalue weighted by Gasteiger charge is -2.38. The average molecular weight is 443 g/mol. The molecule has 2 aliphatic rings. The molecule has 0 radical (unpaired) electrons. The molecule has 0 saturated carbocycles. The molecule has 3 heterocycles. The molecule has 0 amide bonds. The number of esters is 1. The number of ketones is 1. The van der Waals surface area contributed by atoms with Gasteiger partial charge in [-0.1, -0.05) is 0 Å². The smallest absolute Gasteiger partial charge is 0.337 e. The molecule has 8 nitrogen and oxygen atoms in total. The number of hydrogen-bond acceptors (Lipinski definition) is 7. The van der Waals surface area contributed by atoms with Crippen molar-refractivity contribution < 1.29 is 28.5 Å². The minimum atomic E-state index is -0.453. The summed E-state index contributed by atoms with van der Waals surface area (Å²) < 4.78 is 21.7. The third-order valence-corrected chi connectivity index (χ3v) is 6.71. The molecule has 32 heavy (non-hydrogen) atoms. The highest BCUT2D eigenvalue weighted by Crippen LogP contribution is 2.39. The van der Waals surface area contributed by atoms with Crippen molar-refractivity contribution in [3.63, 3.8) is 0 Å². The Morgan fingerprint density at radius 3 is 2.59 bits per heavy atom. The number of ether oxygens (including phenoxy) is 4. The molecule has 2 aliphatic heterocycles. The van der Waals surface area contributed by atoms with E-state index in [0.29, 0.717) is 35.7 Å². The zero-order valence-electron chi connectivity index (χ0n) is 19.2. The maximum absolute atomic E-state index is 13.6. The predicted octanol–water partition coefficient (Wildman–Crippen LogP) is 2.95. The number of nitrogens with one attached hydrogen (secondary N) is 1. The van der Waals surface area contributed by atoms with Gasteiger partial charge in [0.05, 0.1) is 50.5 Å². The van der Waals surface area contributed by atoms with Crippen LogP contribution in [0.2, 0.25) is 0 Å². The summed E-state index contributed by atoms with van der Waals surface area (Å²) in [5.74, 6) is 0.441. The molecule has 0 saturated heterocycles. The summed E-state index contributed by atoms with van der Waals surface area (Å²) >= 11 is 0. The van der Waals surface area contributed by atoms with Gasteiger partial charge < -0.3 is 28.8 Å². The topological polar surface area (TPSA) is 90.1 Å². The summed E-state index contributed by atoms with van der Waals surface area (Å²) in [5.41, 5.74) is 2.77. The maximum Gasteiger partial charge on any atom is 0.337 e. The van der Waals surface area contributed by atoms with Crippen LogP contribution >= 0.6 is 0 Å². The van der Waals surface area contributed by atoms with Crippen molar-refractivity contribution in [2.24, 2.45) is 11.8 Å². The minimum Gasteiger partial charge on any atom is -0.497 e. The lowest BCUT2D eigenvalue weighted by Crippen LogP contribution is -2.43. The molecular weight excluding hydrogens is 412 g/mol. The van der Waals surface area contributed by atoms with Crippen LogP contribution in [0.25, 0.3) is 10.9 Å². The molecule has 0 aliphatic carbocycles. The van der Waals surface area contributed by atoms with Gasteiger partial charge in [-0.2, -0.15) is 0 Å². The number of likely N-dealkylation sites (N-methyl/N-ethyl adjacent to an activating group) is 1. The van der Waals surface area contributed by atoms with Crippen LogP contribution in [0.1, 0.15) is 29.4 Å². The fraction of sp³-hybridized carbons (Fsp3) is 0.500. The number of H-pyrrole nitrogens is 1. The van der Waals surface area contributed by atoms with Gasteiger partial charge in [0.2, 0.25) is 0 Å². The van der Waals surface area contributed by atoms with Gasteiger partial charge in [0.1, 0.15) is 0 Å². The van der Waals surface area contributed by atoms with Crippen LogP contribution in [0.15, 0.2) is 24.0 Å². The molecule has 3 unspecified atom stereocenters. The monoisotopic (exact) mass is 442 g/mol. The first kappa shape index (κ1) is 22.2. The first-order valence-electron chi connectivity index (χ1n) is 10.8. The molecule has 2 aromatic rings. The third-order valence-electron chi connectivity index (χ3n) is 6.71. The molecular formula is C24H30N2O6. The Labute approximate surface area is 187 Å². The number of methoxy groups -OCH3 is 3. The second-order valence-electron chi connectivity index (χ2n) is 8.55. The zero-order chi connectivity index (χ0) is 23.0. The lowest BCUT2D eigenvalue weighted by molar-refractivity contribution is -0.138. The Morgan fingerprint density at radius 2 is 1.91 bits per heavy atom. The SMILES string of the molecule is COC(=O)C1=COC(C)C2CN(C)CCc3c([nH]c4cc(OC)c(OC)cc34)C(=O)CC12. The van der Waals surface area contributed by atoms with Crippen molar-refractivity contribution >= 4 is 22.7 Å². The fourth-order valence-corrected chi connectivity index (χ4v) is 4.91. The highest BCUT2D eigenvalue weighted by Gasteiger charge is 2.40. The Bertz CT molecular complexity index is 1070. The third kappa shape index (κ3) is 3.83. The van der Waals surface area contributed by atoms with Crippen LogP contribution in [-0.4, -0.2) is 69.2 Å². The maximum atomic E-state index is 13.6. The van der Waals surface area contributed by atoms with Crippen LogP contribution < -0.4 is 9.47 Å². The number of hydrogen-bond donors (Lipinski definition) is 1. The van der Waals surface area contributed by atoms with E-state index in [1.165, 1.54) is 13.4 Å². The van der Waals surface area contributed by atoms with Crippen LogP contribution in [-0.2, 0) is 20.7 Å². The van der Waals surface area contributed by atoms with Gasteiger partial charge in [0.15, 0.2) is 17.3 Å². The highest BCUT2D eigenvalue weighted by atomic mass is 16.5. The number of Topliss-reactive ketones (excluding diaryl/α,β-unsaturated/α-hetero) is 1. The van der Waals surface area contributed by atoms with Crippen molar-refractivity contribution in [1.29, 1.82) is 0 Å². The van der Waals surface area contributed by atoms with Crippen LogP contribution in [0, 0.1) is 11.8 Å². The van der Waals surface area contributed by atoms with E-state index >= 15 is 0 Å². The van der Waals surface area contributed by atoms with E-state index in [4.69, 9.17) is 18.9 Å². The summed E-state index contributed by atoms with van der Waals surface area (Å²) in [6.45, 7) is 3.45. The average Bonchev–Trinajstić information content (AvgIpc) is 3.15. The summed E-state index contributed by atoms with van der Waals surface area (Å²) in [6, 6.07) is 3.78. The second kappa shape index (κ2) is 8.86. The molecule has 0 bridgehead atoms. The number of benzene rings is 1. The van der Waals surface area contributed by atoms with E-state index < -0.39 is 5.97 Å². The number of nitrogens with zero attached hydrogens (tertiary/aromatic N) is 1. The molecule has 3 atom stereocenters. The second-order valence-corrected chi connectivity index (χ2v) is 8.55. The zero-order valence-corrected chi connectivity index (χ0v) is 19.2. The summed E-state index contributed by atoms with van der Waals surface area (Å²) in [7, 11) is 6.59. The number of fused-ring (bicyclic) bond motifs is 4. The molecule has 1 N–H and O–H groups in total. The molecule has 0 fully saturated rings. The number of aromatic amines is 1. The normalized spacial score (nSPS) is 24.1. The fourth-order valence-electron chi connectivity index (χ4n) is 4.91. The van der Waals surface area contributed by atoms with Gasteiger partial charge in [-0.15, -0.1) is 0 Å². The van der Waals surface area contributed by atoms with Crippen molar-refractivity contribution in [2.75, 3.05) is 41.5 Å². The van der Waals surface area contributed by atoms with Crippen LogP contribution in [0.3, 0.4) is 0 Å². The Balaban J connectivity index is 1.82. The molecule has 0 spiro atoms. The number of carbonyl (C=O) groups is 2. The van der Waals surface area contributed by atoms with Gasteiger partial charge >= 0.3 is 5.97 Å². The number of carbonyl (C=O) groups excluding carboxylic acids is 2. The Hall–Kier alpha value is -3.00. The van der Waals surface area contributed by atoms with Crippen LogP contribution in [0.4, 0.5) is 0 Å². The van der Waals surface area contributed by atoms with Gasteiger partial charge in [0.25, 0.3) is 0 Å². The summed E-state index contributed by atoms with van der Waals surface area (Å²) in [5, 5.41) is 0.945. The quantitative estimate of drug-likeness (QED) is 0.731. The van der Waals surface area contributed by atoms with Gasteiger partial charge in [-0.3, -0.25) is 4.79 Å². The van der Waals surface area contributed by atoms with Crippen molar-refractivity contribution in [3.8, 4) is 11.5 Å². The van der Waals surface area contributed by atoms with Gasteiger partial charge in [-0.05, 0) is 32.0 Å². The molecule has 172 valence electrons. The lowest BCUT2D eigenvalue weighted by atomic mass is 9.77. The van der Waals surface area contributed by atoms with Crippen molar-refractivity contribution in [2.45, 2.75) is 25.9 Å². The largest absolute Gasteiger partial charge is 0.497 e. The van der Waals surface area contributed by atoms with E-state index in [1.54, 1.807) is 14.2 Å². The van der Waals surface area contributed by atoms with Crippen molar-refractivity contribution in [1.82, 2.24) is 9.88 Å². The van der Waals surface area contributed by atoms with E-state index in [2.05, 4.69) is 16.9 Å². The van der Waals surface area contributed by atoms with E-state index in [9.17, 15) is 9.59 Å².